The molecule has 176 valence electrons. The summed E-state index contributed by atoms with van der Waals surface area (Å²) in [6, 6.07) is 15.6. The van der Waals surface area contributed by atoms with Gasteiger partial charge in [0.1, 0.15) is 6.54 Å². The number of thioether (sulfide) groups is 1. The fourth-order valence-corrected chi connectivity index (χ4v) is 5.34. The summed E-state index contributed by atoms with van der Waals surface area (Å²) in [4.78, 5) is 29.5. The van der Waals surface area contributed by atoms with Gasteiger partial charge in [0, 0.05) is 13.1 Å². The van der Waals surface area contributed by atoms with Crippen LogP contribution in [0.25, 0.3) is 5.69 Å². The average molecular weight is 477 g/mol. The summed E-state index contributed by atoms with van der Waals surface area (Å²) < 4.78 is 2.05. The van der Waals surface area contributed by atoms with E-state index in [1.807, 2.05) is 31.2 Å². The van der Waals surface area contributed by atoms with Crippen LogP contribution in [0.4, 0.5) is 17.3 Å². The molecule has 0 aliphatic carbocycles. The number of nitrogens with zero attached hydrogens (tertiary/aromatic N) is 5. The molecule has 2 aliphatic rings. The number of rotatable bonds is 5. The lowest BCUT2D eigenvalue weighted by atomic mass is 10.1. The van der Waals surface area contributed by atoms with Gasteiger partial charge in [-0.2, -0.15) is 0 Å². The smallest absolute Gasteiger partial charge is 0.244 e. The Morgan fingerprint density at radius 3 is 2.53 bits per heavy atom. The summed E-state index contributed by atoms with van der Waals surface area (Å²) in [6.07, 6.45) is 3.50. The number of carbonyl (C=O) groups excluding carboxylic acids is 2. The molecule has 2 amide bonds. The molecule has 1 atom stereocenters. The molecule has 0 bridgehead atoms. The van der Waals surface area contributed by atoms with Crippen LogP contribution in [0, 0.1) is 6.92 Å². The van der Waals surface area contributed by atoms with E-state index in [1.165, 1.54) is 23.7 Å². The minimum Gasteiger partial charge on any atom is -0.341 e. The highest BCUT2D eigenvalue weighted by atomic mass is 32.2. The van der Waals surface area contributed by atoms with Crippen LogP contribution >= 0.6 is 11.8 Å². The summed E-state index contributed by atoms with van der Waals surface area (Å²) >= 11 is 1.37. The van der Waals surface area contributed by atoms with Gasteiger partial charge in [0.15, 0.2) is 5.16 Å². The molecule has 1 unspecified atom stereocenters. The maximum absolute atomic E-state index is 13.5. The van der Waals surface area contributed by atoms with E-state index in [0.717, 1.165) is 37.6 Å². The Kier molecular flexibility index (Phi) is 6.28. The Morgan fingerprint density at radius 2 is 1.76 bits per heavy atom. The van der Waals surface area contributed by atoms with Crippen molar-refractivity contribution in [3.63, 3.8) is 0 Å². The van der Waals surface area contributed by atoms with Gasteiger partial charge in [0.25, 0.3) is 0 Å². The topological polar surface area (TPSA) is 83.4 Å². The van der Waals surface area contributed by atoms with Gasteiger partial charge in [0.2, 0.25) is 17.8 Å². The third-order valence-corrected chi connectivity index (χ3v) is 7.24. The van der Waals surface area contributed by atoms with E-state index in [0.29, 0.717) is 16.5 Å². The number of nitrogens with one attached hydrogen (secondary N) is 1. The molecular formula is C25H28N6O2S. The molecule has 1 aromatic heterocycles. The molecule has 0 saturated carbocycles. The van der Waals surface area contributed by atoms with Crippen LogP contribution in [-0.4, -0.2) is 51.5 Å². The molecule has 3 aromatic rings. The Labute approximate surface area is 203 Å². The van der Waals surface area contributed by atoms with Crippen molar-refractivity contribution in [2.24, 2.45) is 0 Å². The maximum Gasteiger partial charge on any atom is 0.244 e. The number of anilines is 3. The first-order valence-corrected chi connectivity index (χ1v) is 12.5. The lowest BCUT2D eigenvalue weighted by Crippen LogP contribution is -2.45. The van der Waals surface area contributed by atoms with Crippen LogP contribution in [0.2, 0.25) is 0 Å². The highest BCUT2D eigenvalue weighted by molar-refractivity contribution is 8.00. The van der Waals surface area contributed by atoms with Crippen molar-refractivity contribution in [1.29, 1.82) is 0 Å². The zero-order chi connectivity index (χ0) is 23.7. The minimum atomic E-state index is -0.457. The van der Waals surface area contributed by atoms with E-state index in [2.05, 4.69) is 56.2 Å². The van der Waals surface area contributed by atoms with E-state index >= 15 is 0 Å². The first-order chi connectivity index (χ1) is 16.5. The van der Waals surface area contributed by atoms with Crippen molar-refractivity contribution in [2.45, 2.75) is 43.5 Å². The SMILES string of the molecule is Cc1ccc(-n2c(SC(C)C(=O)N3CC(=O)Nc4ccccc43)nnc2N2CCCCC2)cc1. The van der Waals surface area contributed by atoms with Gasteiger partial charge in [-0.25, -0.2) is 0 Å². The van der Waals surface area contributed by atoms with E-state index in [4.69, 9.17) is 0 Å². The number of fused-ring (bicyclic) bond motifs is 1. The predicted molar refractivity (Wildman–Crippen MR) is 135 cm³/mol. The Morgan fingerprint density at radius 1 is 1.03 bits per heavy atom. The summed E-state index contributed by atoms with van der Waals surface area (Å²) in [5.74, 6) is 0.484. The number of aryl methyl sites for hydroxylation is 1. The minimum absolute atomic E-state index is 0.00439. The Hall–Kier alpha value is -3.33. The molecule has 2 aliphatic heterocycles. The predicted octanol–water partition coefficient (Wildman–Crippen LogP) is 4.03. The molecule has 5 rings (SSSR count). The standard InChI is InChI=1S/C25H28N6O2S/c1-17-10-12-19(13-11-17)31-24(29-14-6-3-7-15-29)27-28-25(31)34-18(2)23(33)30-16-22(32)26-20-8-4-5-9-21(20)30/h4-5,8-13,18H,3,6-7,14-16H2,1-2H3,(H,26,32). The second-order valence-corrected chi connectivity index (χ2v) is 10.1. The fourth-order valence-electron chi connectivity index (χ4n) is 4.41. The van der Waals surface area contributed by atoms with Crippen molar-refractivity contribution < 1.29 is 9.59 Å². The quantitative estimate of drug-likeness (QED) is 0.560. The lowest BCUT2D eigenvalue weighted by Gasteiger charge is -2.31. The van der Waals surface area contributed by atoms with Gasteiger partial charge in [-0.15, -0.1) is 10.2 Å². The summed E-state index contributed by atoms with van der Waals surface area (Å²) in [5, 5.41) is 12.1. The van der Waals surface area contributed by atoms with Gasteiger partial charge < -0.3 is 10.2 Å². The highest BCUT2D eigenvalue weighted by Crippen LogP contribution is 2.34. The zero-order valence-electron chi connectivity index (χ0n) is 19.4. The molecule has 0 radical (unpaired) electrons. The summed E-state index contributed by atoms with van der Waals surface area (Å²) in [5.41, 5.74) is 3.52. The number of piperidine rings is 1. The van der Waals surface area contributed by atoms with Crippen molar-refractivity contribution >= 4 is 40.9 Å². The number of para-hydroxylation sites is 2. The second kappa shape index (κ2) is 9.50. The molecule has 0 spiro atoms. The van der Waals surface area contributed by atoms with Crippen molar-refractivity contribution in [3.8, 4) is 5.69 Å². The molecule has 9 heteroatoms. The number of carbonyl (C=O) groups is 2. The molecule has 3 heterocycles. The van der Waals surface area contributed by atoms with Gasteiger partial charge >= 0.3 is 0 Å². The van der Waals surface area contributed by atoms with Crippen molar-refractivity contribution in [1.82, 2.24) is 14.8 Å². The summed E-state index contributed by atoms with van der Waals surface area (Å²) in [7, 11) is 0. The highest BCUT2D eigenvalue weighted by Gasteiger charge is 2.32. The zero-order valence-corrected chi connectivity index (χ0v) is 20.2. The number of hydrogen-bond acceptors (Lipinski definition) is 6. The Balaban J connectivity index is 1.45. The van der Waals surface area contributed by atoms with Crippen LogP contribution in [-0.2, 0) is 9.59 Å². The van der Waals surface area contributed by atoms with Crippen LogP contribution in [0.1, 0.15) is 31.7 Å². The van der Waals surface area contributed by atoms with Crippen LogP contribution < -0.4 is 15.1 Å². The third kappa shape index (κ3) is 4.40. The van der Waals surface area contributed by atoms with E-state index in [-0.39, 0.29) is 18.4 Å². The van der Waals surface area contributed by atoms with Gasteiger partial charge in [-0.1, -0.05) is 41.6 Å². The second-order valence-electron chi connectivity index (χ2n) is 8.75. The number of aromatic nitrogens is 3. The molecule has 1 saturated heterocycles. The molecule has 1 fully saturated rings. The van der Waals surface area contributed by atoms with Crippen LogP contribution in [0.3, 0.4) is 0 Å². The molecule has 8 nitrogen and oxygen atoms in total. The molecular weight excluding hydrogens is 448 g/mol. The van der Waals surface area contributed by atoms with E-state index < -0.39 is 5.25 Å². The largest absolute Gasteiger partial charge is 0.341 e. The first kappa shape index (κ1) is 22.5. The van der Waals surface area contributed by atoms with Crippen molar-refractivity contribution in [3.05, 3.63) is 54.1 Å². The molecule has 1 N–H and O–H groups in total. The fraction of sp³-hybridized carbons (Fsp3) is 0.360. The van der Waals surface area contributed by atoms with Gasteiger partial charge in [0.05, 0.1) is 22.3 Å². The van der Waals surface area contributed by atoms with E-state index in [9.17, 15) is 9.59 Å². The lowest BCUT2D eigenvalue weighted by molar-refractivity contribution is -0.121. The normalized spacial score (nSPS) is 16.7. The first-order valence-electron chi connectivity index (χ1n) is 11.7. The van der Waals surface area contributed by atoms with Gasteiger partial charge in [-0.05, 0) is 57.4 Å². The number of hydrogen-bond donors (Lipinski definition) is 1. The van der Waals surface area contributed by atoms with E-state index in [1.54, 1.807) is 4.90 Å². The number of benzene rings is 2. The average Bonchev–Trinajstić information content (AvgIpc) is 3.27. The van der Waals surface area contributed by atoms with Gasteiger partial charge in [-0.3, -0.25) is 19.1 Å². The Bertz CT molecular complexity index is 1200. The van der Waals surface area contributed by atoms with Crippen LogP contribution in [0.15, 0.2) is 53.7 Å². The third-order valence-electron chi connectivity index (χ3n) is 6.21. The van der Waals surface area contributed by atoms with Crippen molar-refractivity contribution in [2.75, 3.05) is 34.8 Å². The molecule has 2 aromatic carbocycles. The molecule has 34 heavy (non-hydrogen) atoms. The van der Waals surface area contributed by atoms with Crippen LogP contribution in [0.5, 0.6) is 0 Å². The number of amides is 2. The summed E-state index contributed by atoms with van der Waals surface area (Å²) in [6.45, 7) is 5.82. The maximum atomic E-state index is 13.5. The monoisotopic (exact) mass is 476 g/mol.